The van der Waals surface area contributed by atoms with E-state index < -0.39 is 10.8 Å². The molecule has 0 spiro atoms. The molecule has 21 heavy (non-hydrogen) atoms. The van der Waals surface area contributed by atoms with E-state index in [1.807, 2.05) is 38.2 Å². The van der Waals surface area contributed by atoms with Gasteiger partial charge in [0.15, 0.2) is 0 Å². The molecule has 1 aromatic carbocycles. The summed E-state index contributed by atoms with van der Waals surface area (Å²) in [6, 6.07) is 8.00. The molecule has 0 saturated carbocycles. The van der Waals surface area contributed by atoms with E-state index >= 15 is 0 Å². The van der Waals surface area contributed by atoms with Crippen molar-refractivity contribution in [3.8, 4) is 5.75 Å². The molecular weight excluding hydrogens is 286 g/mol. The van der Waals surface area contributed by atoms with Crippen molar-refractivity contribution in [3.63, 3.8) is 0 Å². The average Bonchev–Trinajstić information content (AvgIpc) is 3.01. The Kier molecular flexibility index (Phi) is 6.21. The zero-order chi connectivity index (χ0) is 15.2. The van der Waals surface area contributed by atoms with Crippen molar-refractivity contribution >= 4 is 10.8 Å². The molecule has 1 N–H and O–H groups in total. The van der Waals surface area contributed by atoms with E-state index in [0.29, 0.717) is 5.75 Å². The van der Waals surface area contributed by atoms with Crippen LogP contribution in [0, 0.1) is 0 Å². The van der Waals surface area contributed by atoms with Gasteiger partial charge in [-0.1, -0.05) is 12.1 Å². The van der Waals surface area contributed by atoms with Crippen LogP contribution in [-0.4, -0.2) is 42.1 Å². The molecule has 0 amide bonds. The van der Waals surface area contributed by atoms with Crippen LogP contribution >= 0.6 is 0 Å². The molecule has 4 atom stereocenters. The third kappa shape index (κ3) is 4.28. The lowest BCUT2D eigenvalue weighted by molar-refractivity contribution is 0.128. The molecule has 4 nitrogen and oxygen atoms in total. The third-order valence-corrected chi connectivity index (χ3v) is 5.85. The van der Waals surface area contributed by atoms with Crippen molar-refractivity contribution in [2.24, 2.45) is 0 Å². The minimum Gasteiger partial charge on any atom is -0.497 e. The third-order valence-electron chi connectivity index (χ3n) is 4.04. The molecule has 1 heterocycles. The summed E-state index contributed by atoms with van der Waals surface area (Å²) in [5.74, 6) is 1.47. The Morgan fingerprint density at radius 3 is 2.67 bits per heavy atom. The van der Waals surface area contributed by atoms with Crippen molar-refractivity contribution in [1.29, 1.82) is 0 Å². The SMILES string of the molecule is CNC(c1ccc(OC)cc1)C(C)S(=O)CC1CCCO1. The van der Waals surface area contributed by atoms with E-state index in [4.69, 9.17) is 9.47 Å². The highest BCUT2D eigenvalue weighted by molar-refractivity contribution is 7.85. The normalized spacial score (nSPS) is 22.7. The Bertz CT molecular complexity index is 457. The summed E-state index contributed by atoms with van der Waals surface area (Å²) in [4.78, 5) is 0. The maximum absolute atomic E-state index is 12.6. The number of nitrogens with one attached hydrogen (secondary N) is 1. The second-order valence-corrected chi connectivity index (χ2v) is 7.27. The van der Waals surface area contributed by atoms with Crippen molar-refractivity contribution in [2.75, 3.05) is 26.5 Å². The van der Waals surface area contributed by atoms with E-state index in [9.17, 15) is 4.21 Å². The van der Waals surface area contributed by atoms with Gasteiger partial charge in [-0.15, -0.1) is 0 Å². The van der Waals surface area contributed by atoms with Crippen LogP contribution in [0.4, 0.5) is 0 Å². The van der Waals surface area contributed by atoms with E-state index in [1.165, 1.54) is 0 Å². The largest absolute Gasteiger partial charge is 0.497 e. The maximum atomic E-state index is 12.6. The van der Waals surface area contributed by atoms with Gasteiger partial charge in [0.2, 0.25) is 0 Å². The van der Waals surface area contributed by atoms with Gasteiger partial charge >= 0.3 is 0 Å². The van der Waals surface area contributed by atoms with E-state index in [1.54, 1.807) is 7.11 Å². The molecule has 1 aliphatic heterocycles. The maximum Gasteiger partial charge on any atom is 0.118 e. The van der Waals surface area contributed by atoms with Gasteiger partial charge in [0.1, 0.15) is 5.75 Å². The molecule has 1 aromatic rings. The molecular formula is C16H25NO3S. The lowest BCUT2D eigenvalue weighted by Gasteiger charge is -2.24. The monoisotopic (exact) mass is 311 g/mol. The standard InChI is InChI=1S/C16H25NO3S/c1-12(21(18)11-15-5-4-10-20-15)16(17-2)13-6-8-14(19-3)9-7-13/h6-9,12,15-17H,4-5,10-11H2,1-3H3. The van der Waals surface area contributed by atoms with Gasteiger partial charge in [-0.05, 0) is 44.5 Å². The number of methoxy groups -OCH3 is 1. The minimum atomic E-state index is -0.911. The van der Waals surface area contributed by atoms with Crippen LogP contribution in [-0.2, 0) is 15.5 Å². The summed E-state index contributed by atoms with van der Waals surface area (Å²) in [5, 5.41) is 3.32. The average molecular weight is 311 g/mol. The van der Waals surface area contributed by atoms with Crippen molar-refractivity contribution < 1.29 is 13.7 Å². The number of ether oxygens (including phenoxy) is 2. The van der Waals surface area contributed by atoms with Crippen LogP contribution in [0.5, 0.6) is 5.75 Å². The minimum absolute atomic E-state index is 0.0348. The van der Waals surface area contributed by atoms with Gasteiger partial charge in [0.25, 0.3) is 0 Å². The number of rotatable bonds is 7. The first-order valence-corrected chi connectivity index (χ1v) is 8.84. The molecule has 0 aliphatic carbocycles. The van der Waals surface area contributed by atoms with Crippen LogP contribution in [0.15, 0.2) is 24.3 Å². The van der Waals surface area contributed by atoms with Crippen LogP contribution in [0.1, 0.15) is 31.4 Å². The molecule has 1 aliphatic rings. The number of hydrogen-bond acceptors (Lipinski definition) is 4. The van der Waals surface area contributed by atoms with Gasteiger partial charge in [-0.3, -0.25) is 4.21 Å². The topological polar surface area (TPSA) is 47.6 Å². The number of benzene rings is 1. The van der Waals surface area contributed by atoms with Crippen LogP contribution in [0.2, 0.25) is 0 Å². The quantitative estimate of drug-likeness (QED) is 0.839. The van der Waals surface area contributed by atoms with Crippen LogP contribution in [0.3, 0.4) is 0 Å². The van der Waals surface area contributed by atoms with Gasteiger partial charge < -0.3 is 14.8 Å². The van der Waals surface area contributed by atoms with Crippen LogP contribution < -0.4 is 10.1 Å². The lowest BCUT2D eigenvalue weighted by Crippen LogP contribution is -2.33. The Balaban J connectivity index is 2.02. The van der Waals surface area contributed by atoms with Gasteiger partial charge in [0, 0.05) is 23.4 Å². The molecule has 0 aromatic heterocycles. The molecule has 2 rings (SSSR count). The zero-order valence-electron chi connectivity index (χ0n) is 13.0. The first-order valence-electron chi connectivity index (χ1n) is 7.45. The Labute approximate surface area is 129 Å². The van der Waals surface area contributed by atoms with Gasteiger partial charge in [-0.2, -0.15) is 0 Å². The van der Waals surface area contributed by atoms with E-state index in [-0.39, 0.29) is 17.4 Å². The number of hydrogen-bond donors (Lipinski definition) is 1. The van der Waals surface area contributed by atoms with Crippen molar-refractivity contribution in [3.05, 3.63) is 29.8 Å². The summed E-state index contributed by atoms with van der Waals surface area (Å²) >= 11 is 0. The first-order chi connectivity index (χ1) is 10.2. The summed E-state index contributed by atoms with van der Waals surface area (Å²) in [7, 11) is 2.66. The lowest BCUT2D eigenvalue weighted by atomic mass is 10.0. The van der Waals surface area contributed by atoms with E-state index in [2.05, 4.69) is 5.32 Å². The molecule has 0 bridgehead atoms. The predicted octanol–water partition coefficient (Wildman–Crippen LogP) is 2.27. The fourth-order valence-corrected chi connectivity index (χ4v) is 4.28. The molecule has 5 heteroatoms. The summed E-state index contributed by atoms with van der Waals surface area (Å²) in [6.45, 7) is 2.85. The van der Waals surface area contributed by atoms with Gasteiger partial charge in [-0.25, -0.2) is 0 Å². The second-order valence-electron chi connectivity index (χ2n) is 5.43. The second kappa shape index (κ2) is 7.92. The Morgan fingerprint density at radius 2 is 2.14 bits per heavy atom. The summed E-state index contributed by atoms with van der Waals surface area (Å²) in [6.07, 6.45) is 2.29. The predicted molar refractivity (Wildman–Crippen MR) is 86.2 cm³/mol. The summed E-state index contributed by atoms with van der Waals surface area (Å²) in [5.41, 5.74) is 1.13. The highest BCUT2D eigenvalue weighted by atomic mass is 32.2. The first kappa shape index (κ1) is 16.5. The fourth-order valence-electron chi connectivity index (χ4n) is 2.75. The molecule has 1 saturated heterocycles. The highest BCUT2D eigenvalue weighted by Crippen LogP contribution is 2.24. The molecule has 4 unspecified atom stereocenters. The smallest absolute Gasteiger partial charge is 0.118 e. The fraction of sp³-hybridized carbons (Fsp3) is 0.625. The summed E-state index contributed by atoms with van der Waals surface area (Å²) < 4.78 is 23.3. The molecule has 1 fully saturated rings. The zero-order valence-corrected chi connectivity index (χ0v) is 13.8. The Morgan fingerprint density at radius 1 is 1.43 bits per heavy atom. The molecule has 118 valence electrons. The van der Waals surface area contributed by atoms with Crippen molar-refractivity contribution in [1.82, 2.24) is 5.32 Å². The van der Waals surface area contributed by atoms with Crippen LogP contribution in [0.25, 0.3) is 0 Å². The molecule has 0 radical (unpaired) electrons. The Hall–Kier alpha value is -0.910. The highest BCUT2D eigenvalue weighted by Gasteiger charge is 2.26. The van der Waals surface area contributed by atoms with E-state index in [0.717, 1.165) is 30.8 Å². The van der Waals surface area contributed by atoms with Gasteiger partial charge in [0.05, 0.1) is 24.2 Å². The van der Waals surface area contributed by atoms with Crippen molar-refractivity contribution in [2.45, 2.75) is 37.2 Å².